The number of hydrogen-bond acceptors (Lipinski definition) is 4. The van der Waals surface area contributed by atoms with Gasteiger partial charge in [-0.25, -0.2) is 9.78 Å². The van der Waals surface area contributed by atoms with Crippen molar-refractivity contribution in [2.24, 2.45) is 0 Å². The van der Waals surface area contributed by atoms with E-state index in [2.05, 4.69) is 17.2 Å². The first kappa shape index (κ1) is 17.0. The van der Waals surface area contributed by atoms with Crippen molar-refractivity contribution in [2.45, 2.75) is 51.5 Å². The van der Waals surface area contributed by atoms with Crippen LogP contribution in [0.4, 0.5) is 4.79 Å². The zero-order valence-electron chi connectivity index (χ0n) is 14.3. The summed E-state index contributed by atoms with van der Waals surface area (Å²) in [6.07, 6.45) is 5.72. The van der Waals surface area contributed by atoms with Gasteiger partial charge >= 0.3 is 6.03 Å². The lowest BCUT2D eigenvalue weighted by atomic mass is 9.99. The Balaban J connectivity index is 1.46. The van der Waals surface area contributed by atoms with Crippen LogP contribution in [0.25, 0.3) is 0 Å². The molecular formula is C18H25N3O2S. The molecule has 5 nitrogen and oxygen atoms in total. The van der Waals surface area contributed by atoms with Crippen LogP contribution >= 0.6 is 11.3 Å². The minimum absolute atomic E-state index is 0.0411. The fourth-order valence-electron chi connectivity index (χ4n) is 3.15. The molecule has 130 valence electrons. The Labute approximate surface area is 147 Å². The maximum Gasteiger partial charge on any atom is 0.317 e. The molecule has 2 unspecified atom stereocenters. The van der Waals surface area contributed by atoms with Crippen LogP contribution < -0.4 is 5.32 Å². The number of likely N-dealkylation sites (tertiary alicyclic amines) is 1. The molecule has 2 aromatic rings. The van der Waals surface area contributed by atoms with Gasteiger partial charge in [0.25, 0.3) is 0 Å². The molecule has 3 heterocycles. The molecular weight excluding hydrogens is 322 g/mol. The first-order valence-electron chi connectivity index (χ1n) is 8.62. The van der Waals surface area contributed by atoms with Crippen LogP contribution in [0.2, 0.25) is 0 Å². The highest BCUT2D eigenvalue weighted by Crippen LogP contribution is 2.28. The van der Waals surface area contributed by atoms with Crippen molar-refractivity contribution in [2.75, 3.05) is 13.1 Å². The zero-order valence-corrected chi connectivity index (χ0v) is 15.1. The summed E-state index contributed by atoms with van der Waals surface area (Å²) in [5.41, 5.74) is 0. The molecule has 0 radical (unpaired) electrons. The first-order valence-corrected chi connectivity index (χ1v) is 9.50. The summed E-state index contributed by atoms with van der Waals surface area (Å²) < 4.78 is 5.58. The molecule has 6 heteroatoms. The molecule has 2 aromatic heterocycles. The third kappa shape index (κ3) is 4.38. The van der Waals surface area contributed by atoms with Crippen molar-refractivity contribution in [1.82, 2.24) is 15.2 Å². The van der Waals surface area contributed by atoms with Gasteiger partial charge in [-0.05, 0) is 45.2 Å². The molecule has 2 atom stereocenters. The molecule has 0 aliphatic carbocycles. The summed E-state index contributed by atoms with van der Waals surface area (Å²) in [6.45, 7) is 5.60. The van der Waals surface area contributed by atoms with Gasteiger partial charge in [0.05, 0.1) is 5.01 Å². The van der Waals surface area contributed by atoms with Crippen molar-refractivity contribution >= 4 is 17.4 Å². The lowest BCUT2D eigenvalue weighted by Gasteiger charge is -2.32. The summed E-state index contributed by atoms with van der Waals surface area (Å²) in [7, 11) is 0. The van der Waals surface area contributed by atoms with Gasteiger partial charge in [0, 0.05) is 43.0 Å². The van der Waals surface area contributed by atoms with E-state index < -0.39 is 0 Å². The summed E-state index contributed by atoms with van der Waals surface area (Å²) in [5.74, 6) is 2.30. The van der Waals surface area contributed by atoms with E-state index in [1.165, 1.54) is 0 Å². The van der Waals surface area contributed by atoms with Crippen molar-refractivity contribution < 1.29 is 9.21 Å². The summed E-state index contributed by atoms with van der Waals surface area (Å²) in [4.78, 5) is 18.9. The monoisotopic (exact) mass is 347 g/mol. The highest BCUT2D eigenvalue weighted by Gasteiger charge is 2.26. The molecule has 1 aliphatic heterocycles. The van der Waals surface area contributed by atoms with E-state index in [0.29, 0.717) is 5.92 Å². The number of carbonyl (C=O) groups is 1. The Morgan fingerprint density at radius 3 is 3.12 bits per heavy atom. The minimum atomic E-state index is 0.0411. The predicted molar refractivity (Wildman–Crippen MR) is 95.4 cm³/mol. The number of urea groups is 1. The molecule has 1 aliphatic rings. The van der Waals surface area contributed by atoms with E-state index >= 15 is 0 Å². The van der Waals surface area contributed by atoms with Crippen LogP contribution in [-0.2, 0) is 6.42 Å². The SMILES string of the molecule is Cc1ccc(CCC(C)NC(=O)N2CCCC(c3nccs3)C2)o1. The molecule has 0 bridgehead atoms. The van der Waals surface area contributed by atoms with E-state index in [1.54, 1.807) is 11.3 Å². The van der Waals surface area contributed by atoms with Gasteiger partial charge in [-0.1, -0.05) is 0 Å². The maximum absolute atomic E-state index is 12.5. The largest absolute Gasteiger partial charge is 0.466 e. The number of thiazole rings is 1. The van der Waals surface area contributed by atoms with Crippen LogP contribution in [0.3, 0.4) is 0 Å². The molecule has 24 heavy (non-hydrogen) atoms. The predicted octanol–water partition coefficient (Wildman–Crippen LogP) is 3.95. The second-order valence-electron chi connectivity index (χ2n) is 6.56. The van der Waals surface area contributed by atoms with Crippen molar-refractivity contribution in [3.63, 3.8) is 0 Å². The molecule has 1 fully saturated rings. The Kier molecular flexibility index (Phi) is 5.56. The van der Waals surface area contributed by atoms with Gasteiger partial charge in [0.15, 0.2) is 0 Å². The third-order valence-electron chi connectivity index (χ3n) is 4.50. The number of rotatable bonds is 5. The summed E-state index contributed by atoms with van der Waals surface area (Å²) in [5, 5.41) is 6.27. The number of furan rings is 1. The lowest BCUT2D eigenvalue weighted by molar-refractivity contribution is 0.176. The second kappa shape index (κ2) is 7.83. The average Bonchev–Trinajstić information content (AvgIpc) is 3.24. The zero-order chi connectivity index (χ0) is 16.9. The van der Waals surface area contributed by atoms with Crippen LogP contribution in [0.15, 0.2) is 28.1 Å². The Hall–Kier alpha value is -1.82. The van der Waals surface area contributed by atoms with Crippen LogP contribution in [0.5, 0.6) is 0 Å². The van der Waals surface area contributed by atoms with Gasteiger partial charge in [0.1, 0.15) is 11.5 Å². The number of aromatic nitrogens is 1. The Morgan fingerprint density at radius 2 is 2.42 bits per heavy atom. The normalized spacial score (nSPS) is 19.2. The van der Waals surface area contributed by atoms with Gasteiger partial charge in [-0.15, -0.1) is 11.3 Å². The highest BCUT2D eigenvalue weighted by atomic mass is 32.1. The van der Waals surface area contributed by atoms with Gasteiger partial charge in [0.2, 0.25) is 0 Å². The van der Waals surface area contributed by atoms with E-state index in [-0.39, 0.29) is 12.1 Å². The number of piperidine rings is 1. The molecule has 0 aromatic carbocycles. The quantitative estimate of drug-likeness (QED) is 0.891. The third-order valence-corrected chi connectivity index (χ3v) is 5.44. The van der Waals surface area contributed by atoms with Gasteiger partial charge < -0.3 is 14.6 Å². The summed E-state index contributed by atoms with van der Waals surface area (Å²) >= 11 is 1.68. The van der Waals surface area contributed by atoms with Crippen LogP contribution in [-0.4, -0.2) is 35.0 Å². The standard InChI is InChI=1S/C18H25N3O2S/c1-13(5-7-16-8-6-14(2)23-16)20-18(22)21-10-3-4-15(12-21)17-19-9-11-24-17/h6,8-9,11,13,15H,3-5,7,10,12H2,1-2H3,(H,20,22). The molecule has 3 rings (SSSR count). The summed E-state index contributed by atoms with van der Waals surface area (Å²) in [6, 6.07) is 4.15. The number of amides is 2. The number of carbonyl (C=O) groups excluding carboxylic acids is 1. The molecule has 1 N–H and O–H groups in total. The Bertz CT molecular complexity index is 653. The lowest BCUT2D eigenvalue weighted by Crippen LogP contribution is -2.47. The second-order valence-corrected chi connectivity index (χ2v) is 7.48. The Morgan fingerprint density at radius 1 is 1.54 bits per heavy atom. The molecule has 2 amide bonds. The first-order chi connectivity index (χ1) is 11.6. The van der Waals surface area contributed by atoms with Gasteiger partial charge in [-0.2, -0.15) is 0 Å². The number of hydrogen-bond donors (Lipinski definition) is 1. The number of nitrogens with one attached hydrogen (secondary N) is 1. The fourth-order valence-corrected chi connectivity index (χ4v) is 3.92. The highest BCUT2D eigenvalue weighted by molar-refractivity contribution is 7.09. The maximum atomic E-state index is 12.5. The van der Waals surface area contributed by atoms with Crippen molar-refractivity contribution in [3.8, 4) is 0 Å². The smallest absolute Gasteiger partial charge is 0.317 e. The fraction of sp³-hybridized carbons (Fsp3) is 0.556. The molecule has 0 saturated carbocycles. The average molecular weight is 347 g/mol. The molecule has 0 spiro atoms. The minimum Gasteiger partial charge on any atom is -0.466 e. The van der Waals surface area contributed by atoms with Gasteiger partial charge in [-0.3, -0.25) is 0 Å². The number of aryl methyl sites for hydroxylation is 2. The van der Waals surface area contributed by atoms with Crippen LogP contribution in [0.1, 0.15) is 48.6 Å². The van der Waals surface area contributed by atoms with Crippen molar-refractivity contribution in [1.29, 1.82) is 0 Å². The topological polar surface area (TPSA) is 58.4 Å². The van der Waals surface area contributed by atoms with E-state index in [0.717, 1.165) is 55.3 Å². The van der Waals surface area contributed by atoms with E-state index in [4.69, 9.17) is 4.42 Å². The molecule has 1 saturated heterocycles. The van der Waals surface area contributed by atoms with Crippen LogP contribution in [0, 0.1) is 6.92 Å². The van der Waals surface area contributed by atoms with E-state index in [9.17, 15) is 4.79 Å². The van der Waals surface area contributed by atoms with E-state index in [1.807, 2.05) is 35.5 Å². The number of nitrogens with zero attached hydrogens (tertiary/aromatic N) is 2. The van der Waals surface area contributed by atoms with Crippen molar-refractivity contribution in [3.05, 3.63) is 40.2 Å².